The molecule has 1 aliphatic rings. The molecule has 0 aliphatic carbocycles. The first-order valence-electron chi connectivity index (χ1n) is 12.0. The van der Waals surface area contributed by atoms with E-state index in [0.717, 1.165) is 24.3 Å². The fraction of sp³-hybridized carbons (Fsp3) is 0.214. The number of phenols is 4. The molecule has 1 saturated heterocycles. The Hall–Kier alpha value is -4.62. The number of esters is 1. The minimum atomic E-state index is -1.88. The third-order valence-electron chi connectivity index (χ3n) is 6.66. The monoisotopic (exact) mass is 552 g/mol. The summed E-state index contributed by atoms with van der Waals surface area (Å²) in [6.07, 6.45) is -5.85. The Balaban J connectivity index is 1.55. The average molecular weight is 552 g/mol. The van der Waals surface area contributed by atoms with Gasteiger partial charge in [-0.3, -0.25) is 4.79 Å². The molecule has 0 amide bonds. The smallest absolute Gasteiger partial charge is 0.331 e. The molecule has 1 aliphatic heterocycles. The van der Waals surface area contributed by atoms with Crippen LogP contribution >= 0.6 is 0 Å². The largest absolute Gasteiger partial charge is 0.507 e. The Kier molecular flexibility index (Phi) is 7.08. The number of aliphatic hydroxyl groups excluding tert-OH is 3. The number of ether oxygens (including phenoxy) is 2. The lowest BCUT2D eigenvalue weighted by atomic mass is 9.89. The van der Waals surface area contributed by atoms with Crippen LogP contribution in [0.2, 0.25) is 0 Å². The minimum absolute atomic E-state index is 0.146. The van der Waals surface area contributed by atoms with Crippen molar-refractivity contribution in [1.29, 1.82) is 0 Å². The Bertz CT molecular complexity index is 1680. The third-order valence-corrected chi connectivity index (χ3v) is 6.66. The number of carbonyl (C=O) groups excluding carboxylic acids is 1. The number of benzene rings is 3. The molecule has 0 radical (unpaired) electrons. The SMILES string of the molecule is O=C(/C=C/c1ccccc1)O[C@@H]1[C@@H](O)[C@H](c2c(O)cc3oc4cc(O)c(O)cc4c(=O)c3c2O)O[C@H](CO)[C@H]1O. The molecule has 5 rings (SSSR count). The zero-order chi connectivity index (χ0) is 28.7. The summed E-state index contributed by atoms with van der Waals surface area (Å²) in [7, 11) is 0. The van der Waals surface area contributed by atoms with Gasteiger partial charge in [0.05, 0.1) is 17.6 Å². The highest BCUT2D eigenvalue weighted by Gasteiger charge is 2.48. The Morgan fingerprint density at radius 3 is 2.30 bits per heavy atom. The van der Waals surface area contributed by atoms with Crippen LogP contribution in [0.1, 0.15) is 17.2 Å². The molecule has 12 heteroatoms. The standard InChI is InChI=1S/C28H24O12/c29-11-19-24(35)28(40-20(33)7-6-12-4-2-1-3-5-12)26(37)27(39-19)21-16(32)10-18-22(25(21)36)23(34)13-8-14(30)15(31)9-17(13)38-18/h1-10,19,24,26-32,35-37H,11H2/b7-6+/t19-,24-,26+,27+,28+/m1/s1. The zero-order valence-electron chi connectivity index (χ0n) is 20.5. The van der Waals surface area contributed by atoms with E-state index in [-0.39, 0.29) is 16.6 Å². The van der Waals surface area contributed by atoms with Gasteiger partial charge in [-0.2, -0.15) is 0 Å². The lowest BCUT2D eigenvalue weighted by Gasteiger charge is -2.42. The molecule has 208 valence electrons. The molecule has 1 fully saturated rings. The number of aliphatic hydroxyl groups is 3. The number of hydrogen-bond donors (Lipinski definition) is 7. The van der Waals surface area contributed by atoms with Crippen LogP contribution in [0, 0.1) is 0 Å². The second-order valence-electron chi connectivity index (χ2n) is 9.20. The van der Waals surface area contributed by atoms with E-state index in [4.69, 9.17) is 13.9 Å². The molecule has 0 bridgehead atoms. The van der Waals surface area contributed by atoms with Crippen LogP contribution < -0.4 is 5.43 Å². The van der Waals surface area contributed by atoms with Crippen LogP contribution in [0.3, 0.4) is 0 Å². The number of fused-ring (bicyclic) bond motifs is 2. The van der Waals surface area contributed by atoms with Gasteiger partial charge in [-0.15, -0.1) is 0 Å². The van der Waals surface area contributed by atoms with E-state index in [9.17, 15) is 45.3 Å². The van der Waals surface area contributed by atoms with E-state index in [1.165, 1.54) is 6.08 Å². The number of aromatic hydroxyl groups is 4. The second-order valence-corrected chi connectivity index (χ2v) is 9.20. The van der Waals surface area contributed by atoms with E-state index < -0.39 is 82.5 Å². The first-order chi connectivity index (χ1) is 19.1. The molecule has 3 aromatic carbocycles. The lowest BCUT2D eigenvalue weighted by molar-refractivity contribution is -0.240. The van der Waals surface area contributed by atoms with Crippen molar-refractivity contribution in [2.24, 2.45) is 0 Å². The van der Waals surface area contributed by atoms with Crippen LogP contribution in [-0.4, -0.2) is 72.7 Å². The second kappa shape index (κ2) is 10.5. The molecule has 7 N–H and O–H groups in total. The molecule has 0 saturated carbocycles. The fourth-order valence-corrected chi connectivity index (χ4v) is 4.67. The molecule has 40 heavy (non-hydrogen) atoms. The molecule has 2 heterocycles. The average Bonchev–Trinajstić information content (AvgIpc) is 2.92. The summed E-state index contributed by atoms with van der Waals surface area (Å²) in [4.78, 5) is 25.7. The highest BCUT2D eigenvalue weighted by Crippen LogP contribution is 2.45. The normalized spacial score (nSPS) is 23.1. The van der Waals surface area contributed by atoms with Gasteiger partial charge in [0.15, 0.2) is 17.6 Å². The topological polar surface area (TPSA) is 207 Å². The molecule has 4 aromatic rings. The summed E-state index contributed by atoms with van der Waals surface area (Å²) >= 11 is 0. The summed E-state index contributed by atoms with van der Waals surface area (Å²) in [6, 6.07) is 11.7. The third kappa shape index (κ3) is 4.69. The zero-order valence-corrected chi connectivity index (χ0v) is 20.5. The Morgan fingerprint density at radius 2 is 1.60 bits per heavy atom. The van der Waals surface area contributed by atoms with Crippen LogP contribution in [0.4, 0.5) is 0 Å². The number of phenolic OH excluding ortho intramolecular Hbond substituents is 4. The van der Waals surface area contributed by atoms with Gasteiger partial charge < -0.3 is 49.6 Å². The quantitative estimate of drug-likeness (QED) is 0.0814. The first kappa shape index (κ1) is 27.0. The molecular formula is C28H24O12. The van der Waals surface area contributed by atoms with Gasteiger partial charge >= 0.3 is 5.97 Å². The van der Waals surface area contributed by atoms with Gasteiger partial charge in [0, 0.05) is 18.2 Å². The van der Waals surface area contributed by atoms with E-state index >= 15 is 0 Å². The van der Waals surface area contributed by atoms with Crippen LogP contribution in [-0.2, 0) is 14.3 Å². The molecular weight excluding hydrogens is 528 g/mol. The van der Waals surface area contributed by atoms with E-state index in [1.54, 1.807) is 30.3 Å². The summed E-state index contributed by atoms with van der Waals surface area (Å²) in [5.74, 6) is -3.67. The maximum absolute atomic E-state index is 13.2. The molecule has 5 atom stereocenters. The molecule has 12 nitrogen and oxygen atoms in total. The van der Waals surface area contributed by atoms with Crippen molar-refractivity contribution in [3.63, 3.8) is 0 Å². The highest BCUT2D eigenvalue weighted by atomic mass is 16.6. The Labute approximate surface area is 224 Å². The highest BCUT2D eigenvalue weighted by molar-refractivity contribution is 5.96. The molecule has 1 aromatic heterocycles. The van der Waals surface area contributed by atoms with Crippen molar-refractivity contribution in [3.05, 3.63) is 76.0 Å². The Morgan fingerprint density at radius 1 is 0.925 bits per heavy atom. The number of carbonyl (C=O) groups is 1. The maximum atomic E-state index is 13.2. The molecule has 0 spiro atoms. The number of hydrogen-bond acceptors (Lipinski definition) is 12. The van der Waals surface area contributed by atoms with Crippen molar-refractivity contribution in [2.75, 3.05) is 6.61 Å². The maximum Gasteiger partial charge on any atom is 0.331 e. The summed E-state index contributed by atoms with van der Waals surface area (Å²) in [5.41, 5.74) is -1.10. The first-order valence-corrected chi connectivity index (χ1v) is 12.0. The van der Waals surface area contributed by atoms with Gasteiger partial charge in [-0.1, -0.05) is 30.3 Å². The van der Waals surface area contributed by atoms with Crippen molar-refractivity contribution >= 4 is 34.0 Å². The minimum Gasteiger partial charge on any atom is -0.507 e. The van der Waals surface area contributed by atoms with Crippen molar-refractivity contribution in [2.45, 2.75) is 30.5 Å². The van der Waals surface area contributed by atoms with Crippen LogP contribution in [0.5, 0.6) is 23.0 Å². The fourth-order valence-electron chi connectivity index (χ4n) is 4.67. The summed E-state index contributed by atoms with van der Waals surface area (Å²) in [5, 5.41) is 72.3. The van der Waals surface area contributed by atoms with Crippen LogP contribution in [0.15, 0.2) is 63.8 Å². The van der Waals surface area contributed by atoms with E-state index in [2.05, 4.69) is 0 Å². The predicted octanol–water partition coefficient (Wildman–Crippen LogP) is 1.55. The predicted molar refractivity (Wildman–Crippen MR) is 139 cm³/mol. The van der Waals surface area contributed by atoms with Gasteiger partial charge in [-0.25, -0.2) is 4.79 Å². The van der Waals surface area contributed by atoms with Crippen molar-refractivity contribution in [1.82, 2.24) is 0 Å². The van der Waals surface area contributed by atoms with E-state index in [1.807, 2.05) is 0 Å². The summed E-state index contributed by atoms with van der Waals surface area (Å²) in [6.45, 7) is -0.789. The van der Waals surface area contributed by atoms with Crippen molar-refractivity contribution in [3.8, 4) is 23.0 Å². The van der Waals surface area contributed by atoms with Gasteiger partial charge in [0.25, 0.3) is 0 Å². The summed E-state index contributed by atoms with van der Waals surface area (Å²) < 4.78 is 16.4. The number of rotatable bonds is 5. The van der Waals surface area contributed by atoms with Gasteiger partial charge in [-0.05, 0) is 17.7 Å². The van der Waals surface area contributed by atoms with Gasteiger partial charge in [0.2, 0.25) is 5.43 Å². The lowest BCUT2D eigenvalue weighted by Crippen LogP contribution is -2.56. The van der Waals surface area contributed by atoms with Gasteiger partial charge in [0.1, 0.15) is 52.5 Å². The molecule has 0 unspecified atom stereocenters. The van der Waals surface area contributed by atoms with E-state index in [0.29, 0.717) is 5.56 Å². The van der Waals surface area contributed by atoms with Crippen molar-refractivity contribution < 1.29 is 54.4 Å². The van der Waals surface area contributed by atoms with Crippen LogP contribution in [0.25, 0.3) is 28.0 Å².